The highest BCUT2D eigenvalue weighted by Gasteiger charge is 2.28. The monoisotopic (exact) mass is 320 g/mol. The van der Waals surface area contributed by atoms with Crippen molar-refractivity contribution in [3.05, 3.63) is 29.3 Å². The molecule has 1 fully saturated rings. The molecule has 2 rings (SSSR count). The van der Waals surface area contributed by atoms with Crippen molar-refractivity contribution in [3.63, 3.8) is 0 Å². The van der Waals surface area contributed by atoms with E-state index in [1.807, 2.05) is 6.07 Å². The number of rotatable bonds is 5. The lowest BCUT2D eigenvalue weighted by Gasteiger charge is -2.36. The van der Waals surface area contributed by atoms with Crippen molar-refractivity contribution in [2.75, 3.05) is 25.1 Å². The Morgan fingerprint density at radius 1 is 1.39 bits per heavy atom. The number of hydrogen-bond donors (Lipinski definition) is 2. The Bertz CT molecular complexity index is 531. The Hall–Kier alpha value is -1.59. The Morgan fingerprint density at radius 3 is 2.78 bits per heavy atom. The van der Waals surface area contributed by atoms with E-state index in [1.54, 1.807) is 11.8 Å². The summed E-state index contributed by atoms with van der Waals surface area (Å²) in [6, 6.07) is 5.90. The number of hydrogen-bond acceptors (Lipinski definition) is 3. The van der Waals surface area contributed by atoms with Crippen LogP contribution in [0.2, 0.25) is 0 Å². The smallest absolute Gasteiger partial charge is 0.322 e. The predicted molar refractivity (Wildman–Crippen MR) is 91.8 cm³/mol. The molecule has 0 aliphatic carbocycles. The van der Waals surface area contributed by atoms with E-state index < -0.39 is 6.10 Å². The fourth-order valence-corrected chi connectivity index (χ4v) is 3.08. The number of carbonyl (C=O) groups excluding carboxylic acids is 1. The van der Waals surface area contributed by atoms with Gasteiger partial charge in [-0.05, 0) is 49.4 Å². The Balaban J connectivity index is 2.07. The number of urea groups is 1. The zero-order chi connectivity index (χ0) is 16.8. The molecule has 2 atom stereocenters. The average Bonchev–Trinajstić information content (AvgIpc) is 2.54. The summed E-state index contributed by atoms with van der Waals surface area (Å²) in [6.07, 6.45) is 2.03. The molecule has 0 aromatic heterocycles. The molecule has 0 saturated carbocycles. The van der Waals surface area contributed by atoms with Crippen LogP contribution in [0.4, 0.5) is 10.5 Å². The van der Waals surface area contributed by atoms with Gasteiger partial charge in [-0.25, -0.2) is 4.79 Å². The number of nitrogens with one attached hydrogen (secondary N) is 1. The van der Waals surface area contributed by atoms with Crippen LogP contribution in [-0.2, 0) is 17.6 Å². The number of nitrogens with zero attached hydrogens (tertiary/aromatic N) is 1. The summed E-state index contributed by atoms with van der Waals surface area (Å²) >= 11 is 0. The molecule has 1 aliphatic rings. The van der Waals surface area contributed by atoms with Gasteiger partial charge < -0.3 is 20.1 Å². The molecule has 23 heavy (non-hydrogen) atoms. The van der Waals surface area contributed by atoms with E-state index in [-0.39, 0.29) is 12.1 Å². The van der Waals surface area contributed by atoms with Crippen LogP contribution < -0.4 is 5.32 Å². The van der Waals surface area contributed by atoms with E-state index in [2.05, 4.69) is 31.3 Å². The van der Waals surface area contributed by atoms with E-state index >= 15 is 0 Å². The van der Waals surface area contributed by atoms with Crippen molar-refractivity contribution in [2.45, 2.75) is 52.2 Å². The largest absolute Gasteiger partial charge is 0.393 e. The van der Waals surface area contributed by atoms with Crippen molar-refractivity contribution in [3.8, 4) is 0 Å². The van der Waals surface area contributed by atoms with Crippen molar-refractivity contribution in [1.82, 2.24) is 4.90 Å². The van der Waals surface area contributed by atoms with Gasteiger partial charge in [0.05, 0.1) is 25.4 Å². The second kappa shape index (κ2) is 8.31. The Labute approximate surface area is 138 Å². The van der Waals surface area contributed by atoms with Crippen molar-refractivity contribution < 1.29 is 14.6 Å². The minimum Gasteiger partial charge on any atom is -0.393 e. The molecule has 2 N–H and O–H groups in total. The molecule has 1 saturated heterocycles. The number of aliphatic hydroxyl groups is 1. The molecular formula is C18H28N2O3. The van der Waals surface area contributed by atoms with Crippen LogP contribution >= 0.6 is 0 Å². The first kappa shape index (κ1) is 17.8. The van der Waals surface area contributed by atoms with E-state index in [0.29, 0.717) is 26.2 Å². The van der Waals surface area contributed by atoms with Gasteiger partial charge in [-0.2, -0.15) is 0 Å². The maximum absolute atomic E-state index is 12.6. The van der Waals surface area contributed by atoms with Gasteiger partial charge in [0.1, 0.15) is 0 Å². The molecule has 128 valence electrons. The second-order valence-electron chi connectivity index (χ2n) is 6.13. The molecule has 0 bridgehead atoms. The fourth-order valence-electron chi connectivity index (χ4n) is 3.08. The normalized spacial score (nSPS) is 19.5. The summed E-state index contributed by atoms with van der Waals surface area (Å²) in [4.78, 5) is 14.4. The number of amides is 2. The van der Waals surface area contributed by atoms with Gasteiger partial charge >= 0.3 is 6.03 Å². The number of aryl methyl sites for hydroxylation is 2. The van der Waals surface area contributed by atoms with Crippen LogP contribution in [0.3, 0.4) is 0 Å². The zero-order valence-corrected chi connectivity index (χ0v) is 14.3. The van der Waals surface area contributed by atoms with Crippen LogP contribution in [0.5, 0.6) is 0 Å². The molecule has 1 aromatic rings. The maximum Gasteiger partial charge on any atom is 0.322 e. The number of ether oxygens (including phenoxy) is 1. The minimum absolute atomic E-state index is 0.0793. The zero-order valence-electron chi connectivity index (χ0n) is 14.3. The van der Waals surface area contributed by atoms with E-state index in [9.17, 15) is 9.90 Å². The third kappa shape index (κ3) is 4.69. The molecule has 0 unspecified atom stereocenters. The lowest BCUT2D eigenvalue weighted by atomic mass is 10.0. The highest BCUT2D eigenvalue weighted by molar-refractivity contribution is 5.89. The van der Waals surface area contributed by atoms with Gasteiger partial charge in [0.2, 0.25) is 0 Å². The average molecular weight is 320 g/mol. The van der Waals surface area contributed by atoms with Gasteiger partial charge in [-0.3, -0.25) is 0 Å². The highest BCUT2D eigenvalue weighted by atomic mass is 16.5. The van der Waals surface area contributed by atoms with E-state index in [0.717, 1.165) is 18.5 Å². The minimum atomic E-state index is -0.451. The maximum atomic E-state index is 12.6. The van der Waals surface area contributed by atoms with Gasteiger partial charge in [0.15, 0.2) is 0 Å². The molecule has 1 heterocycles. The van der Waals surface area contributed by atoms with Crippen LogP contribution in [0.15, 0.2) is 18.2 Å². The summed E-state index contributed by atoms with van der Waals surface area (Å²) in [5.41, 5.74) is 3.42. The number of aliphatic hydroxyl groups excluding tert-OH is 1. The molecule has 1 aliphatic heterocycles. The van der Waals surface area contributed by atoms with E-state index in [4.69, 9.17) is 4.74 Å². The van der Waals surface area contributed by atoms with Crippen LogP contribution in [-0.4, -0.2) is 47.9 Å². The lowest BCUT2D eigenvalue weighted by molar-refractivity contribution is -0.00160. The van der Waals surface area contributed by atoms with E-state index in [1.165, 1.54) is 11.1 Å². The Kier molecular flexibility index (Phi) is 6.42. The first-order valence-electron chi connectivity index (χ1n) is 8.50. The summed E-state index contributed by atoms with van der Waals surface area (Å²) in [6.45, 7) is 7.58. The number of morpholine rings is 1. The number of benzene rings is 1. The van der Waals surface area contributed by atoms with Crippen molar-refractivity contribution >= 4 is 11.7 Å². The molecule has 5 nitrogen and oxygen atoms in total. The molecule has 5 heteroatoms. The summed E-state index contributed by atoms with van der Waals surface area (Å²) in [7, 11) is 0. The van der Waals surface area contributed by atoms with Crippen LogP contribution in [0.1, 0.15) is 38.3 Å². The summed E-state index contributed by atoms with van der Waals surface area (Å²) in [5.74, 6) is 0. The summed E-state index contributed by atoms with van der Waals surface area (Å²) in [5, 5.41) is 12.6. The van der Waals surface area contributed by atoms with Gasteiger partial charge in [-0.15, -0.1) is 0 Å². The Morgan fingerprint density at radius 2 is 2.13 bits per heavy atom. The predicted octanol–water partition coefficient (Wildman–Crippen LogP) is 2.82. The van der Waals surface area contributed by atoms with Crippen LogP contribution in [0, 0.1) is 0 Å². The molecule has 0 spiro atoms. The quantitative estimate of drug-likeness (QED) is 0.877. The number of anilines is 1. The van der Waals surface area contributed by atoms with Crippen molar-refractivity contribution in [2.24, 2.45) is 0 Å². The first-order chi connectivity index (χ1) is 11.0. The third-order valence-corrected chi connectivity index (χ3v) is 4.32. The van der Waals surface area contributed by atoms with Gasteiger partial charge in [0.25, 0.3) is 0 Å². The van der Waals surface area contributed by atoms with Gasteiger partial charge in [-0.1, -0.05) is 19.9 Å². The second-order valence-corrected chi connectivity index (χ2v) is 6.13. The standard InChI is InChI=1S/C18H28N2O3/c1-4-14-6-7-16(11-15(14)5-2)19-18(22)20-8-9-23-12-17(20)10-13(3)21/h6-7,11,13,17,21H,4-5,8-10,12H2,1-3H3,(H,19,22)/t13-,17+/m0/s1. The molecular weight excluding hydrogens is 292 g/mol. The molecule has 2 amide bonds. The summed E-state index contributed by atoms with van der Waals surface area (Å²) < 4.78 is 5.45. The third-order valence-electron chi connectivity index (χ3n) is 4.32. The van der Waals surface area contributed by atoms with Crippen molar-refractivity contribution in [1.29, 1.82) is 0 Å². The topological polar surface area (TPSA) is 61.8 Å². The molecule has 0 radical (unpaired) electrons. The van der Waals surface area contributed by atoms with Gasteiger partial charge in [0, 0.05) is 12.2 Å². The lowest BCUT2D eigenvalue weighted by Crippen LogP contribution is -2.51. The van der Waals surface area contributed by atoms with Crippen LogP contribution in [0.25, 0.3) is 0 Å². The number of carbonyl (C=O) groups is 1. The first-order valence-corrected chi connectivity index (χ1v) is 8.50. The SMILES string of the molecule is CCc1ccc(NC(=O)N2CCOC[C@H]2C[C@H](C)O)cc1CC. The fraction of sp³-hybridized carbons (Fsp3) is 0.611. The highest BCUT2D eigenvalue weighted by Crippen LogP contribution is 2.19. The molecule has 1 aromatic carbocycles.